The Morgan fingerprint density at radius 3 is 2.80 bits per heavy atom. The van der Waals surface area contributed by atoms with Crippen LogP contribution in [0.5, 0.6) is 0 Å². The Morgan fingerprint density at radius 1 is 1.47 bits per heavy atom. The van der Waals surface area contributed by atoms with E-state index < -0.39 is 0 Å². The average molecular weight is 269 g/mol. The molecule has 82 valence electrons. The fourth-order valence-electron chi connectivity index (χ4n) is 2.03. The molecule has 0 aromatic heterocycles. The Bertz CT molecular complexity index is 345. The fourth-order valence-corrected chi connectivity index (χ4v) is 2.51. The van der Waals surface area contributed by atoms with Gasteiger partial charge in [0.25, 0.3) is 0 Å². The number of hydrogen-bond donors (Lipinski definition) is 2. The Morgan fingerprint density at radius 2 is 2.20 bits per heavy atom. The van der Waals surface area contributed by atoms with Gasteiger partial charge in [-0.25, -0.2) is 0 Å². The third-order valence-electron chi connectivity index (χ3n) is 3.04. The van der Waals surface area contributed by atoms with E-state index in [1.165, 1.54) is 24.1 Å². The average Bonchev–Trinajstić information content (AvgIpc) is 2.13. The molecular weight excluding hydrogens is 252 g/mol. The van der Waals surface area contributed by atoms with Crippen molar-refractivity contribution in [3.63, 3.8) is 0 Å². The lowest BCUT2D eigenvalue weighted by Crippen LogP contribution is -2.39. The molecule has 1 aromatic carbocycles. The Hall–Kier alpha value is -0.540. The van der Waals surface area contributed by atoms with Gasteiger partial charge in [0.1, 0.15) is 0 Å². The van der Waals surface area contributed by atoms with Crippen LogP contribution >= 0.6 is 15.9 Å². The molecule has 1 saturated carbocycles. The summed E-state index contributed by atoms with van der Waals surface area (Å²) >= 11 is 3.46. The summed E-state index contributed by atoms with van der Waals surface area (Å²) in [6.07, 6.45) is 2.34. The zero-order valence-corrected chi connectivity index (χ0v) is 10.5. The quantitative estimate of drug-likeness (QED) is 0.885. The summed E-state index contributed by atoms with van der Waals surface area (Å²) in [5.41, 5.74) is 8.27. The zero-order valence-electron chi connectivity index (χ0n) is 8.96. The summed E-state index contributed by atoms with van der Waals surface area (Å²) in [7, 11) is 0. The molecule has 1 aliphatic carbocycles. The molecule has 3 heteroatoms. The second-order valence-electron chi connectivity index (χ2n) is 4.44. The van der Waals surface area contributed by atoms with E-state index in [4.69, 9.17) is 5.73 Å². The van der Waals surface area contributed by atoms with Crippen molar-refractivity contribution in [2.45, 2.75) is 25.8 Å². The summed E-state index contributed by atoms with van der Waals surface area (Å²) < 4.78 is 1.14. The third-order valence-corrected chi connectivity index (χ3v) is 3.54. The van der Waals surface area contributed by atoms with Crippen LogP contribution in [0.25, 0.3) is 0 Å². The van der Waals surface area contributed by atoms with Gasteiger partial charge in [0.15, 0.2) is 0 Å². The molecule has 15 heavy (non-hydrogen) atoms. The third kappa shape index (κ3) is 2.73. The van der Waals surface area contributed by atoms with Crippen LogP contribution in [0.4, 0.5) is 5.69 Å². The molecule has 3 N–H and O–H groups in total. The van der Waals surface area contributed by atoms with E-state index in [2.05, 4.69) is 46.4 Å². The highest BCUT2D eigenvalue weighted by Crippen LogP contribution is 2.27. The second kappa shape index (κ2) is 4.54. The number of hydrogen-bond acceptors (Lipinski definition) is 2. The number of aryl methyl sites for hydroxylation is 1. The lowest BCUT2D eigenvalue weighted by Gasteiger charge is -2.32. The molecule has 0 spiro atoms. The first kappa shape index (κ1) is 11.0. The van der Waals surface area contributed by atoms with Gasteiger partial charge in [-0.15, -0.1) is 0 Å². The summed E-state index contributed by atoms with van der Waals surface area (Å²) in [5.74, 6) is 0.767. The molecule has 1 aromatic rings. The van der Waals surface area contributed by atoms with Gasteiger partial charge in [-0.3, -0.25) is 0 Å². The highest BCUT2D eigenvalue weighted by atomic mass is 79.9. The first-order valence-corrected chi connectivity index (χ1v) is 6.20. The standard InChI is InChI=1S/C12H17BrN2/c1-8-4-10(13)2-3-12(8)15-7-9-5-11(14)6-9/h2-4,9,11,15H,5-7,14H2,1H3. The fraction of sp³-hybridized carbons (Fsp3) is 0.500. The van der Waals surface area contributed by atoms with Crippen LogP contribution in [0.3, 0.4) is 0 Å². The maximum absolute atomic E-state index is 5.75. The Labute approximate surface area is 99.4 Å². The van der Waals surface area contributed by atoms with Crippen LogP contribution in [0.2, 0.25) is 0 Å². The number of nitrogens with two attached hydrogens (primary N) is 1. The van der Waals surface area contributed by atoms with Gasteiger partial charge < -0.3 is 11.1 Å². The van der Waals surface area contributed by atoms with Gasteiger partial charge in [-0.2, -0.15) is 0 Å². The van der Waals surface area contributed by atoms with Crippen LogP contribution in [-0.4, -0.2) is 12.6 Å². The van der Waals surface area contributed by atoms with Crippen LogP contribution < -0.4 is 11.1 Å². The highest BCUT2D eigenvalue weighted by molar-refractivity contribution is 9.10. The molecule has 0 radical (unpaired) electrons. The van der Waals surface area contributed by atoms with Gasteiger partial charge in [-0.05, 0) is 49.4 Å². The van der Waals surface area contributed by atoms with Crippen LogP contribution in [0.15, 0.2) is 22.7 Å². The van der Waals surface area contributed by atoms with E-state index >= 15 is 0 Å². The lowest BCUT2D eigenvalue weighted by atomic mass is 9.81. The second-order valence-corrected chi connectivity index (χ2v) is 5.35. The number of benzene rings is 1. The van der Waals surface area contributed by atoms with Crippen molar-refractivity contribution < 1.29 is 0 Å². The SMILES string of the molecule is Cc1cc(Br)ccc1NCC1CC(N)C1. The van der Waals surface area contributed by atoms with Crippen molar-refractivity contribution in [3.05, 3.63) is 28.2 Å². The van der Waals surface area contributed by atoms with Crippen LogP contribution in [0.1, 0.15) is 18.4 Å². The van der Waals surface area contributed by atoms with Crippen molar-refractivity contribution >= 4 is 21.6 Å². The Balaban J connectivity index is 1.88. The van der Waals surface area contributed by atoms with Crippen molar-refractivity contribution in [3.8, 4) is 0 Å². The smallest absolute Gasteiger partial charge is 0.0370 e. The maximum atomic E-state index is 5.75. The number of nitrogens with one attached hydrogen (secondary N) is 1. The van der Waals surface area contributed by atoms with E-state index in [-0.39, 0.29) is 0 Å². The minimum absolute atomic E-state index is 0.447. The number of halogens is 1. The molecule has 0 heterocycles. The van der Waals surface area contributed by atoms with Crippen molar-refractivity contribution in [2.24, 2.45) is 11.7 Å². The minimum Gasteiger partial charge on any atom is -0.385 e. The van der Waals surface area contributed by atoms with E-state index in [0.29, 0.717) is 6.04 Å². The van der Waals surface area contributed by atoms with Crippen molar-refractivity contribution in [1.82, 2.24) is 0 Å². The van der Waals surface area contributed by atoms with Gasteiger partial charge in [0.2, 0.25) is 0 Å². The normalized spacial score (nSPS) is 24.7. The highest BCUT2D eigenvalue weighted by Gasteiger charge is 2.25. The first-order chi connectivity index (χ1) is 7.15. The maximum Gasteiger partial charge on any atom is 0.0370 e. The summed E-state index contributed by atoms with van der Waals surface area (Å²) in [4.78, 5) is 0. The molecule has 0 saturated heterocycles. The monoisotopic (exact) mass is 268 g/mol. The van der Waals surface area contributed by atoms with E-state index in [1.54, 1.807) is 0 Å². The molecule has 0 bridgehead atoms. The number of anilines is 1. The van der Waals surface area contributed by atoms with E-state index in [9.17, 15) is 0 Å². The molecule has 0 amide bonds. The minimum atomic E-state index is 0.447. The van der Waals surface area contributed by atoms with Crippen LogP contribution in [0, 0.1) is 12.8 Å². The summed E-state index contributed by atoms with van der Waals surface area (Å²) in [6, 6.07) is 6.78. The molecule has 0 aliphatic heterocycles. The predicted octanol–water partition coefficient (Wildman–Crippen LogP) is 2.91. The lowest BCUT2D eigenvalue weighted by molar-refractivity contribution is 0.280. The molecule has 0 atom stereocenters. The molecule has 2 rings (SSSR count). The van der Waals surface area contributed by atoms with Gasteiger partial charge >= 0.3 is 0 Å². The van der Waals surface area contributed by atoms with E-state index in [0.717, 1.165) is 16.9 Å². The summed E-state index contributed by atoms with van der Waals surface area (Å²) in [5, 5.41) is 3.49. The largest absolute Gasteiger partial charge is 0.385 e. The summed E-state index contributed by atoms with van der Waals surface area (Å²) in [6.45, 7) is 3.18. The molecule has 2 nitrogen and oxygen atoms in total. The van der Waals surface area contributed by atoms with E-state index in [1.807, 2.05) is 0 Å². The van der Waals surface area contributed by atoms with Gasteiger partial charge in [0.05, 0.1) is 0 Å². The topological polar surface area (TPSA) is 38.0 Å². The van der Waals surface area contributed by atoms with Gasteiger partial charge in [0, 0.05) is 22.7 Å². The number of rotatable bonds is 3. The first-order valence-electron chi connectivity index (χ1n) is 5.41. The molecule has 1 aliphatic rings. The van der Waals surface area contributed by atoms with Crippen molar-refractivity contribution in [2.75, 3.05) is 11.9 Å². The molecule has 0 unspecified atom stereocenters. The van der Waals surface area contributed by atoms with Crippen LogP contribution in [-0.2, 0) is 0 Å². The zero-order chi connectivity index (χ0) is 10.8. The molecule has 1 fully saturated rings. The molecular formula is C12H17BrN2. The Kier molecular flexibility index (Phi) is 3.32. The van der Waals surface area contributed by atoms with Gasteiger partial charge in [-0.1, -0.05) is 15.9 Å². The predicted molar refractivity (Wildman–Crippen MR) is 68.1 cm³/mol. The van der Waals surface area contributed by atoms with Crippen molar-refractivity contribution in [1.29, 1.82) is 0 Å².